The van der Waals surface area contributed by atoms with Gasteiger partial charge in [0.1, 0.15) is 6.10 Å². The number of hydrogen-bond donors (Lipinski definition) is 0. The number of rotatable bonds is 5. The average Bonchev–Trinajstić information content (AvgIpc) is 2.61. The largest absolute Gasteiger partial charge is 0.480 e. The summed E-state index contributed by atoms with van der Waals surface area (Å²) in [4.78, 5) is 0.401. The van der Waals surface area contributed by atoms with Crippen molar-refractivity contribution in [2.75, 3.05) is 20.2 Å². The fraction of sp³-hybridized carbons (Fsp3) is 0.474. The highest BCUT2D eigenvalue weighted by atomic mass is 32.2. The third-order valence-corrected chi connectivity index (χ3v) is 6.83. The second-order valence-corrected chi connectivity index (χ2v) is 8.76. The van der Waals surface area contributed by atoms with Gasteiger partial charge in [-0.25, -0.2) is 8.42 Å². The van der Waals surface area contributed by atoms with E-state index in [2.05, 4.69) is 10.2 Å². The molecular weight excluding hydrogens is 366 g/mol. The highest BCUT2D eigenvalue weighted by molar-refractivity contribution is 7.89. The van der Waals surface area contributed by atoms with E-state index in [-0.39, 0.29) is 6.10 Å². The maximum atomic E-state index is 13.2. The molecule has 0 N–H and O–H groups in total. The van der Waals surface area contributed by atoms with Crippen LogP contribution in [-0.2, 0) is 10.0 Å². The van der Waals surface area contributed by atoms with Crippen LogP contribution >= 0.6 is 0 Å². The van der Waals surface area contributed by atoms with Gasteiger partial charge in [-0.3, -0.25) is 0 Å². The Morgan fingerprint density at radius 3 is 2.30 bits per heavy atom. The maximum Gasteiger partial charge on any atom is 0.243 e. The molecule has 0 spiro atoms. The van der Waals surface area contributed by atoms with Crippen LogP contribution in [0.2, 0.25) is 0 Å². The lowest BCUT2D eigenvalue weighted by Crippen LogP contribution is -2.44. The van der Waals surface area contributed by atoms with E-state index in [9.17, 15) is 8.42 Å². The number of hydrogen-bond acceptors (Lipinski definition) is 6. The molecule has 1 aromatic carbocycles. The van der Waals surface area contributed by atoms with Gasteiger partial charge >= 0.3 is 0 Å². The number of sulfonamides is 1. The Labute approximate surface area is 160 Å². The van der Waals surface area contributed by atoms with Gasteiger partial charge in [-0.1, -0.05) is 17.7 Å². The zero-order valence-corrected chi connectivity index (χ0v) is 16.9. The van der Waals surface area contributed by atoms with Crippen molar-refractivity contribution in [2.24, 2.45) is 0 Å². The molecule has 0 radical (unpaired) electrons. The molecule has 0 amide bonds. The number of aromatic nitrogens is 2. The van der Waals surface area contributed by atoms with Gasteiger partial charge < -0.3 is 9.47 Å². The maximum absolute atomic E-state index is 13.2. The summed E-state index contributed by atoms with van der Waals surface area (Å²) in [5, 5.41) is 7.84. The van der Waals surface area contributed by atoms with E-state index in [1.54, 1.807) is 12.1 Å². The minimum atomic E-state index is -3.58. The van der Waals surface area contributed by atoms with Crippen LogP contribution in [0.3, 0.4) is 0 Å². The summed E-state index contributed by atoms with van der Waals surface area (Å²) < 4.78 is 38.9. The average molecular weight is 391 g/mol. The summed E-state index contributed by atoms with van der Waals surface area (Å²) in [6.07, 6.45) is 1.24. The number of aryl methyl sites for hydroxylation is 3. The van der Waals surface area contributed by atoms with Crippen LogP contribution in [0, 0.1) is 20.8 Å². The first-order valence-corrected chi connectivity index (χ1v) is 10.4. The van der Waals surface area contributed by atoms with E-state index >= 15 is 0 Å². The molecule has 3 rings (SSSR count). The van der Waals surface area contributed by atoms with Gasteiger partial charge in [0.05, 0.1) is 18.6 Å². The third-order valence-electron chi connectivity index (χ3n) is 4.66. The Balaban J connectivity index is 1.79. The number of piperidine rings is 1. The number of methoxy groups -OCH3 is 1. The highest BCUT2D eigenvalue weighted by Gasteiger charge is 2.33. The highest BCUT2D eigenvalue weighted by Crippen LogP contribution is 2.28. The first kappa shape index (κ1) is 19.6. The van der Waals surface area contributed by atoms with E-state index in [0.717, 1.165) is 29.5 Å². The Bertz CT molecular complexity index is 890. The zero-order valence-electron chi connectivity index (χ0n) is 16.1. The molecule has 27 heavy (non-hydrogen) atoms. The zero-order chi connectivity index (χ0) is 19.6. The molecule has 2 aromatic rings. The molecule has 0 bridgehead atoms. The summed E-state index contributed by atoms with van der Waals surface area (Å²) >= 11 is 0. The van der Waals surface area contributed by atoms with Crippen molar-refractivity contribution in [1.82, 2.24) is 14.5 Å². The fourth-order valence-corrected chi connectivity index (χ4v) is 5.49. The van der Waals surface area contributed by atoms with Crippen LogP contribution in [0.1, 0.15) is 29.5 Å². The molecule has 7 nitrogen and oxygen atoms in total. The van der Waals surface area contributed by atoms with Crippen molar-refractivity contribution in [3.8, 4) is 11.8 Å². The number of benzene rings is 1. The molecule has 0 saturated carbocycles. The van der Waals surface area contributed by atoms with Crippen molar-refractivity contribution in [1.29, 1.82) is 0 Å². The van der Waals surface area contributed by atoms with Crippen molar-refractivity contribution in [2.45, 2.75) is 44.6 Å². The minimum Gasteiger partial charge on any atom is -0.480 e. The van der Waals surface area contributed by atoms with E-state index in [4.69, 9.17) is 9.47 Å². The lowest BCUT2D eigenvalue weighted by Gasteiger charge is -2.32. The summed E-state index contributed by atoms with van der Waals surface area (Å²) in [5.41, 5.74) is 2.61. The van der Waals surface area contributed by atoms with Crippen molar-refractivity contribution >= 4 is 10.0 Å². The van der Waals surface area contributed by atoms with Gasteiger partial charge in [-0.2, -0.15) is 4.31 Å². The van der Waals surface area contributed by atoms with Gasteiger partial charge in [0.25, 0.3) is 0 Å². The quantitative estimate of drug-likeness (QED) is 0.779. The Morgan fingerprint density at radius 2 is 1.70 bits per heavy atom. The Hall–Kier alpha value is -2.19. The van der Waals surface area contributed by atoms with Crippen LogP contribution < -0.4 is 9.47 Å². The Morgan fingerprint density at radius 1 is 1.07 bits per heavy atom. The second-order valence-electron chi connectivity index (χ2n) is 6.89. The molecule has 1 aliphatic heterocycles. The van der Waals surface area contributed by atoms with Crippen molar-refractivity contribution < 1.29 is 17.9 Å². The van der Waals surface area contributed by atoms with Gasteiger partial charge in [0.2, 0.25) is 21.8 Å². The van der Waals surface area contributed by atoms with Gasteiger partial charge in [0.15, 0.2) is 0 Å². The molecule has 1 aromatic heterocycles. The summed E-state index contributed by atoms with van der Waals surface area (Å²) in [7, 11) is -2.06. The lowest BCUT2D eigenvalue weighted by atomic mass is 10.1. The summed E-state index contributed by atoms with van der Waals surface area (Å²) in [6.45, 7) is 6.44. The number of ether oxygens (including phenoxy) is 2. The first-order valence-electron chi connectivity index (χ1n) is 8.93. The molecule has 1 saturated heterocycles. The van der Waals surface area contributed by atoms with E-state index in [1.807, 2.05) is 32.9 Å². The molecule has 1 unspecified atom stereocenters. The summed E-state index contributed by atoms with van der Waals surface area (Å²) in [6, 6.07) is 7.15. The van der Waals surface area contributed by atoms with Crippen molar-refractivity contribution in [3.63, 3.8) is 0 Å². The molecular formula is C19H25N3O4S. The third kappa shape index (κ3) is 4.22. The van der Waals surface area contributed by atoms with Gasteiger partial charge in [-0.15, -0.1) is 10.2 Å². The molecule has 2 heterocycles. The van der Waals surface area contributed by atoms with Crippen LogP contribution in [0.5, 0.6) is 11.8 Å². The van der Waals surface area contributed by atoms with Crippen LogP contribution in [0.15, 0.2) is 29.2 Å². The standard InChI is InChI=1S/C19H25N3O4S/c1-13-10-14(2)19(15(3)11-13)27(23,24)22-9-5-6-16(12-22)26-18-8-7-17(25-4)20-21-18/h7-8,10-11,16H,5-6,9,12H2,1-4H3. The molecule has 0 aliphatic carbocycles. The molecule has 8 heteroatoms. The van der Waals surface area contributed by atoms with Crippen LogP contribution in [-0.4, -0.2) is 49.2 Å². The lowest BCUT2D eigenvalue weighted by molar-refractivity contribution is 0.123. The van der Waals surface area contributed by atoms with Gasteiger partial charge in [0, 0.05) is 18.7 Å². The predicted octanol–water partition coefficient (Wildman–Crippen LogP) is 2.64. The van der Waals surface area contributed by atoms with Crippen molar-refractivity contribution in [3.05, 3.63) is 41.0 Å². The van der Waals surface area contributed by atoms with Gasteiger partial charge in [-0.05, 0) is 44.7 Å². The topological polar surface area (TPSA) is 81.6 Å². The fourth-order valence-electron chi connectivity index (χ4n) is 3.57. The molecule has 1 aliphatic rings. The number of nitrogens with zero attached hydrogens (tertiary/aromatic N) is 3. The second kappa shape index (κ2) is 7.82. The van der Waals surface area contributed by atoms with E-state index < -0.39 is 10.0 Å². The molecule has 146 valence electrons. The first-order chi connectivity index (χ1) is 12.8. The van der Waals surface area contributed by atoms with Crippen LogP contribution in [0.25, 0.3) is 0 Å². The van der Waals surface area contributed by atoms with E-state index in [1.165, 1.54) is 11.4 Å². The van der Waals surface area contributed by atoms with E-state index in [0.29, 0.717) is 29.7 Å². The predicted molar refractivity (Wildman–Crippen MR) is 102 cm³/mol. The monoisotopic (exact) mass is 391 g/mol. The smallest absolute Gasteiger partial charge is 0.243 e. The minimum absolute atomic E-state index is 0.262. The molecule has 1 atom stereocenters. The SMILES string of the molecule is COc1ccc(OC2CCCN(S(=O)(=O)c3c(C)cc(C)cc3C)C2)nn1. The summed E-state index contributed by atoms with van der Waals surface area (Å²) in [5.74, 6) is 0.767. The van der Waals surface area contributed by atoms with Crippen LogP contribution in [0.4, 0.5) is 0 Å². The normalized spacial score (nSPS) is 18.3. The Kier molecular flexibility index (Phi) is 5.67. The molecule has 1 fully saturated rings.